The number of nitrogens with zero attached hydrogens (tertiary/aromatic N) is 1. The third-order valence-corrected chi connectivity index (χ3v) is 5.46. The van der Waals surface area contributed by atoms with Crippen molar-refractivity contribution in [2.24, 2.45) is 17.3 Å². The lowest BCUT2D eigenvalue weighted by atomic mass is 9.67. The van der Waals surface area contributed by atoms with Gasteiger partial charge in [0.1, 0.15) is 0 Å². The van der Waals surface area contributed by atoms with Crippen LogP contribution < -0.4 is 0 Å². The molecule has 0 spiro atoms. The maximum atomic E-state index is 10.5. The molecule has 2 heteroatoms. The molecule has 1 N–H and O–H groups in total. The van der Waals surface area contributed by atoms with Crippen LogP contribution in [0.5, 0.6) is 0 Å². The fourth-order valence-corrected chi connectivity index (χ4v) is 3.64. The Balaban J connectivity index is 2.83. The van der Waals surface area contributed by atoms with Crippen molar-refractivity contribution >= 4 is 0 Å². The van der Waals surface area contributed by atoms with Gasteiger partial charge in [0.2, 0.25) is 0 Å². The van der Waals surface area contributed by atoms with Gasteiger partial charge in [-0.3, -0.25) is 4.90 Å². The molecule has 1 aliphatic carbocycles. The van der Waals surface area contributed by atoms with Gasteiger partial charge in [0.25, 0.3) is 0 Å². The minimum atomic E-state index is -0.139. The zero-order valence-corrected chi connectivity index (χ0v) is 14.8. The highest BCUT2D eigenvalue weighted by atomic mass is 16.3. The van der Waals surface area contributed by atoms with Crippen LogP contribution in [0.1, 0.15) is 74.1 Å². The molecule has 120 valence electrons. The molecule has 0 aromatic heterocycles. The lowest BCUT2D eigenvalue weighted by molar-refractivity contribution is -0.0357. The molecule has 1 aliphatic rings. The third kappa shape index (κ3) is 4.46. The summed E-state index contributed by atoms with van der Waals surface area (Å²) < 4.78 is 0. The minimum absolute atomic E-state index is 0.139. The number of hydrogen-bond donors (Lipinski definition) is 1. The Labute approximate surface area is 126 Å². The van der Waals surface area contributed by atoms with E-state index in [1.54, 1.807) is 0 Å². The molecule has 1 saturated carbocycles. The zero-order chi connectivity index (χ0) is 15.5. The molecular weight excluding hydrogens is 246 g/mol. The quantitative estimate of drug-likeness (QED) is 0.785. The van der Waals surface area contributed by atoms with E-state index < -0.39 is 0 Å². The van der Waals surface area contributed by atoms with Gasteiger partial charge >= 0.3 is 0 Å². The molecule has 0 radical (unpaired) electrons. The molecule has 3 unspecified atom stereocenters. The molecule has 0 bridgehead atoms. The summed E-state index contributed by atoms with van der Waals surface area (Å²) in [6, 6.07) is 0.863. The lowest BCUT2D eigenvalue weighted by Gasteiger charge is -2.47. The normalized spacial score (nSPS) is 28.6. The van der Waals surface area contributed by atoms with Gasteiger partial charge in [-0.25, -0.2) is 0 Å². The average molecular weight is 284 g/mol. The molecule has 2 nitrogen and oxygen atoms in total. The fourth-order valence-electron chi connectivity index (χ4n) is 3.64. The van der Waals surface area contributed by atoms with E-state index in [4.69, 9.17) is 0 Å². The summed E-state index contributed by atoms with van der Waals surface area (Å²) in [5.74, 6) is 1.40. The standard InChI is InChI=1S/C18H37NO/c1-8-18(6,7)15-9-10-17(20)16(11-15)19(14(4)5)12-13(2)3/h13-17,20H,8-12H2,1-7H3. The first-order valence-corrected chi connectivity index (χ1v) is 8.62. The Hall–Kier alpha value is -0.0800. The Kier molecular flexibility index (Phi) is 6.53. The molecule has 0 heterocycles. The number of rotatable bonds is 6. The van der Waals surface area contributed by atoms with E-state index in [0.29, 0.717) is 23.4 Å². The van der Waals surface area contributed by atoms with Crippen molar-refractivity contribution in [1.29, 1.82) is 0 Å². The second-order valence-corrected chi connectivity index (χ2v) is 8.17. The van der Waals surface area contributed by atoms with Gasteiger partial charge in [-0.05, 0) is 50.4 Å². The van der Waals surface area contributed by atoms with Crippen molar-refractivity contribution in [3.05, 3.63) is 0 Å². The van der Waals surface area contributed by atoms with Gasteiger partial charge < -0.3 is 5.11 Å². The van der Waals surface area contributed by atoms with Gasteiger partial charge in [0.05, 0.1) is 6.10 Å². The van der Waals surface area contributed by atoms with Crippen LogP contribution in [-0.4, -0.2) is 34.7 Å². The maximum absolute atomic E-state index is 10.5. The molecule has 1 fully saturated rings. The van der Waals surface area contributed by atoms with Gasteiger partial charge in [0.15, 0.2) is 0 Å². The van der Waals surface area contributed by atoms with Crippen LogP contribution in [-0.2, 0) is 0 Å². The van der Waals surface area contributed by atoms with Crippen LogP contribution in [0, 0.1) is 17.3 Å². The van der Waals surface area contributed by atoms with Crippen LogP contribution in [0.2, 0.25) is 0 Å². The van der Waals surface area contributed by atoms with Gasteiger partial charge in [0, 0.05) is 18.6 Å². The van der Waals surface area contributed by atoms with E-state index >= 15 is 0 Å². The van der Waals surface area contributed by atoms with Gasteiger partial charge in [-0.1, -0.05) is 41.0 Å². The summed E-state index contributed by atoms with van der Waals surface area (Å²) in [6.07, 6.45) is 4.41. The van der Waals surface area contributed by atoms with Crippen molar-refractivity contribution in [1.82, 2.24) is 4.90 Å². The molecule has 0 aromatic rings. The first kappa shape index (κ1) is 18.0. The molecule has 0 aromatic carbocycles. The summed E-state index contributed by atoms with van der Waals surface area (Å²) in [4.78, 5) is 2.55. The molecule has 20 heavy (non-hydrogen) atoms. The summed E-state index contributed by atoms with van der Waals surface area (Å²) in [7, 11) is 0. The van der Waals surface area contributed by atoms with E-state index in [-0.39, 0.29) is 6.10 Å². The molecule has 0 saturated heterocycles. The van der Waals surface area contributed by atoms with Crippen molar-refractivity contribution < 1.29 is 5.11 Å². The summed E-state index contributed by atoms with van der Waals surface area (Å²) in [5.41, 5.74) is 0.402. The highest BCUT2D eigenvalue weighted by Gasteiger charge is 2.39. The van der Waals surface area contributed by atoms with E-state index in [1.807, 2.05) is 0 Å². The smallest absolute Gasteiger partial charge is 0.0695 e. The van der Waals surface area contributed by atoms with Crippen molar-refractivity contribution in [2.45, 2.75) is 92.3 Å². The second kappa shape index (κ2) is 7.26. The van der Waals surface area contributed by atoms with Gasteiger partial charge in [-0.2, -0.15) is 0 Å². The fraction of sp³-hybridized carbons (Fsp3) is 1.00. The monoisotopic (exact) mass is 283 g/mol. The summed E-state index contributed by atoms with van der Waals surface area (Å²) >= 11 is 0. The minimum Gasteiger partial charge on any atom is -0.391 e. The molecular formula is C18H37NO. The van der Waals surface area contributed by atoms with Crippen molar-refractivity contribution in [3.8, 4) is 0 Å². The Morgan fingerprint density at radius 2 is 1.75 bits per heavy atom. The number of aliphatic hydroxyl groups excluding tert-OH is 1. The Morgan fingerprint density at radius 1 is 1.15 bits per heavy atom. The predicted molar refractivity (Wildman–Crippen MR) is 87.9 cm³/mol. The van der Waals surface area contributed by atoms with E-state index in [9.17, 15) is 5.11 Å². The first-order chi connectivity index (χ1) is 9.19. The van der Waals surface area contributed by atoms with Crippen molar-refractivity contribution in [2.75, 3.05) is 6.54 Å². The highest BCUT2D eigenvalue weighted by Crippen LogP contribution is 2.42. The van der Waals surface area contributed by atoms with E-state index in [1.165, 1.54) is 12.8 Å². The summed E-state index contributed by atoms with van der Waals surface area (Å²) in [6.45, 7) is 17.3. The van der Waals surface area contributed by atoms with Crippen LogP contribution in [0.3, 0.4) is 0 Å². The van der Waals surface area contributed by atoms with Crippen LogP contribution in [0.25, 0.3) is 0 Å². The molecule has 1 rings (SSSR count). The van der Waals surface area contributed by atoms with Crippen molar-refractivity contribution in [3.63, 3.8) is 0 Å². The SMILES string of the molecule is CCC(C)(C)C1CCC(O)C(N(CC(C)C)C(C)C)C1. The number of aliphatic hydroxyl groups is 1. The van der Waals surface area contributed by atoms with Crippen LogP contribution in [0.4, 0.5) is 0 Å². The third-order valence-electron chi connectivity index (χ3n) is 5.46. The summed E-state index contributed by atoms with van der Waals surface area (Å²) in [5, 5.41) is 10.5. The van der Waals surface area contributed by atoms with Gasteiger partial charge in [-0.15, -0.1) is 0 Å². The largest absolute Gasteiger partial charge is 0.391 e. The molecule has 0 aliphatic heterocycles. The highest BCUT2D eigenvalue weighted by molar-refractivity contribution is 4.92. The lowest BCUT2D eigenvalue weighted by Crippen LogP contribution is -2.52. The maximum Gasteiger partial charge on any atom is 0.0695 e. The Bertz CT molecular complexity index is 285. The van der Waals surface area contributed by atoms with Crippen LogP contribution >= 0.6 is 0 Å². The zero-order valence-electron chi connectivity index (χ0n) is 14.8. The molecule has 3 atom stereocenters. The van der Waals surface area contributed by atoms with E-state index in [0.717, 1.165) is 25.3 Å². The van der Waals surface area contributed by atoms with E-state index in [2.05, 4.69) is 53.4 Å². The topological polar surface area (TPSA) is 23.5 Å². The number of hydrogen-bond acceptors (Lipinski definition) is 2. The van der Waals surface area contributed by atoms with Crippen LogP contribution in [0.15, 0.2) is 0 Å². The predicted octanol–water partition coefficient (Wildman–Crippen LogP) is 4.32. The second-order valence-electron chi connectivity index (χ2n) is 8.17. The Morgan fingerprint density at radius 3 is 2.20 bits per heavy atom. The molecule has 0 amide bonds. The average Bonchev–Trinajstić information content (AvgIpc) is 2.36. The first-order valence-electron chi connectivity index (χ1n) is 8.62.